The van der Waals surface area contributed by atoms with Gasteiger partial charge in [0.15, 0.2) is 0 Å². The van der Waals surface area contributed by atoms with Crippen LogP contribution in [0.4, 0.5) is 4.39 Å². The zero-order chi connectivity index (χ0) is 17.6. The van der Waals surface area contributed by atoms with E-state index >= 15 is 0 Å². The van der Waals surface area contributed by atoms with E-state index in [1.807, 2.05) is 13.0 Å². The molecule has 2 aromatic rings. The molecule has 0 aromatic heterocycles. The number of hydrogen-bond donors (Lipinski definition) is 1. The Morgan fingerprint density at radius 1 is 1.04 bits per heavy atom. The van der Waals surface area contributed by atoms with E-state index in [1.54, 1.807) is 12.1 Å². The lowest BCUT2D eigenvalue weighted by Crippen LogP contribution is -2.47. The quantitative estimate of drug-likeness (QED) is 0.870. The molecule has 0 spiro atoms. The van der Waals surface area contributed by atoms with Crippen molar-refractivity contribution in [3.63, 3.8) is 0 Å². The molecule has 1 N–H and O–H groups in total. The van der Waals surface area contributed by atoms with Crippen LogP contribution in [0, 0.1) is 12.7 Å². The van der Waals surface area contributed by atoms with E-state index in [1.165, 1.54) is 5.56 Å². The van der Waals surface area contributed by atoms with Crippen LogP contribution in [0.2, 0.25) is 0 Å². The van der Waals surface area contributed by atoms with Crippen molar-refractivity contribution < 1.29 is 4.39 Å². The average molecular weight is 341 g/mol. The lowest BCUT2D eigenvalue weighted by atomic mass is 10.0. The van der Waals surface area contributed by atoms with Gasteiger partial charge >= 0.3 is 0 Å². The number of halogens is 1. The minimum atomic E-state index is -0.168. The Balaban J connectivity index is 1.68. The molecule has 1 heterocycles. The van der Waals surface area contributed by atoms with E-state index in [0.29, 0.717) is 0 Å². The molecule has 3 rings (SSSR count). The van der Waals surface area contributed by atoms with Crippen molar-refractivity contribution >= 4 is 0 Å². The fraction of sp³-hybridized carbons (Fsp3) is 0.429. The SMILES string of the molecule is Cc1cc(F)ccc1CNC(CN1CCN(C)CC1)c1ccccc1. The molecular weight excluding hydrogens is 313 g/mol. The molecule has 0 amide bonds. The Morgan fingerprint density at radius 2 is 1.76 bits per heavy atom. The van der Waals surface area contributed by atoms with Gasteiger partial charge in [0.05, 0.1) is 0 Å². The molecule has 0 bridgehead atoms. The molecule has 0 aliphatic carbocycles. The summed E-state index contributed by atoms with van der Waals surface area (Å²) in [6, 6.07) is 15.9. The highest BCUT2D eigenvalue weighted by Crippen LogP contribution is 2.17. The zero-order valence-corrected chi connectivity index (χ0v) is 15.2. The number of likely N-dealkylation sites (N-methyl/N-ethyl adjacent to an activating group) is 1. The van der Waals surface area contributed by atoms with Gasteiger partial charge in [-0.25, -0.2) is 4.39 Å². The highest BCUT2D eigenvalue weighted by Gasteiger charge is 2.19. The van der Waals surface area contributed by atoms with Gasteiger partial charge in [-0.2, -0.15) is 0 Å². The molecule has 1 saturated heterocycles. The molecule has 1 aliphatic heterocycles. The normalized spacial score (nSPS) is 17.6. The maximum Gasteiger partial charge on any atom is 0.123 e. The Hall–Kier alpha value is -1.75. The molecule has 1 fully saturated rings. The van der Waals surface area contributed by atoms with Gasteiger partial charge < -0.3 is 10.2 Å². The monoisotopic (exact) mass is 341 g/mol. The van der Waals surface area contributed by atoms with Gasteiger partial charge in [-0.1, -0.05) is 36.4 Å². The topological polar surface area (TPSA) is 18.5 Å². The molecule has 3 nitrogen and oxygen atoms in total. The van der Waals surface area contributed by atoms with Crippen LogP contribution in [0.25, 0.3) is 0 Å². The van der Waals surface area contributed by atoms with Crippen molar-refractivity contribution in [3.8, 4) is 0 Å². The molecule has 25 heavy (non-hydrogen) atoms. The van der Waals surface area contributed by atoms with Crippen molar-refractivity contribution in [1.29, 1.82) is 0 Å². The summed E-state index contributed by atoms with van der Waals surface area (Å²) in [5, 5.41) is 3.69. The lowest BCUT2D eigenvalue weighted by Gasteiger charge is -2.35. The van der Waals surface area contributed by atoms with Gasteiger partial charge in [0, 0.05) is 45.3 Å². The van der Waals surface area contributed by atoms with E-state index in [0.717, 1.165) is 50.4 Å². The number of nitrogens with one attached hydrogen (secondary N) is 1. The molecule has 1 aliphatic rings. The number of rotatable bonds is 6. The fourth-order valence-electron chi connectivity index (χ4n) is 3.35. The molecule has 1 atom stereocenters. The minimum absolute atomic E-state index is 0.168. The first-order valence-corrected chi connectivity index (χ1v) is 9.06. The smallest absolute Gasteiger partial charge is 0.123 e. The Bertz CT molecular complexity index is 666. The van der Waals surface area contributed by atoms with Crippen molar-refractivity contribution in [3.05, 3.63) is 71.0 Å². The Kier molecular flexibility index (Phi) is 6.19. The summed E-state index contributed by atoms with van der Waals surface area (Å²) in [6.07, 6.45) is 0. The molecule has 0 radical (unpaired) electrons. The predicted octanol–water partition coefficient (Wildman–Crippen LogP) is 3.21. The van der Waals surface area contributed by atoms with E-state index in [2.05, 4.69) is 52.5 Å². The second kappa shape index (κ2) is 8.56. The minimum Gasteiger partial charge on any atom is -0.305 e. The summed E-state index contributed by atoms with van der Waals surface area (Å²) < 4.78 is 13.3. The summed E-state index contributed by atoms with van der Waals surface area (Å²) in [5.41, 5.74) is 3.46. The van der Waals surface area contributed by atoms with E-state index in [4.69, 9.17) is 0 Å². The first-order chi connectivity index (χ1) is 12.1. The first-order valence-electron chi connectivity index (χ1n) is 9.06. The summed E-state index contributed by atoms with van der Waals surface area (Å²) in [7, 11) is 2.18. The van der Waals surface area contributed by atoms with Crippen LogP contribution in [0.3, 0.4) is 0 Å². The third-order valence-electron chi connectivity index (χ3n) is 5.08. The summed E-state index contributed by atoms with van der Waals surface area (Å²) in [4.78, 5) is 4.91. The van der Waals surface area contributed by atoms with Crippen LogP contribution in [-0.2, 0) is 6.54 Å². The molecule has 1 unspecified atom stereocenters. The van der Waals surface area contributed by atoms with Crippen molar-refractivity contribution in [2.24, 2.45) is 0 Å². The van der Waals surface area contributed by atoms with Crippen LogP contribution >= 0.6 is 0 Å². The van der Waals surface area contributed by atoms with Gasteiger partial charge in [0.1, 0.15) is 5.82 Å². The number of piperazine rings is 1. The summed E-state index contributed by atoms with van der Waals surface area (Å²) in [5.74, 6) is -0.168. The second-order valence-corrected chi connectivity index (χ2v) is 7.02. The Labute approximate surface area is 150 Å². The molecular formula is C21H28FN3. The third-order valence-corrected chi connectivity index (χ3v) is 5.08. The molecule has 0 saturated carbocycles. The maximum absolute atomic E-state index is 13.3. The highest BCUT2D eigenvalue weighted by atomic mass is 19.1. The summed E-state index contributed by atoms with van der Waals surface area (Å²) in [6.45, 7) is 8.18. The number of hydrogen-bond acceptors (Lipinski definition) is 3. The van der Waals surface area contributed by atoms with Gasteiger partial charge in [0.25, 0.3) is 0 Å². The largest absolute Gasteiger partial charge is 0.305 e. The van der Waals surface area contributed by atoms with E-state index in [-0.39, 0.29) is 11.9 Å². The number of benzene rings is 2. The van der Waals surface area contributed by atoms with E-state index in [9.17, 15) is 4.39 Å². The van der Waals surface area contributed by atoms with Gasteiger partial charge in [-0.3, -0.25) is 4.90 Å². The van der Waals surface area contributed by atoms with Gasteiger partial charge in [-0.05, 0) is 42.8 Å². The second-order valence-electron chi connectivity index (χ2n) is 7.02. The van der Waals surface area contributed by atoms with Crippen LogP contribution in [-0.4, -0.2) is 49.6 Å². The highest BCUT2D eigenvalue weighted by molar-refractivity contribution is 5.27. The van der Waals surface area contributed by atoms with Crippen molar-refractivity contribution in [2.75, 3.05) is 39.8 Å². The van der Waals surface area contributed by atoms with Crippen molar-refractivity contribution in [1.82, 2.24) is 15.1 Å². The number of aryl methyl sites for hydroxylation is 1. The first kappa shape index (κ1) is 18.1. The van der Waals surface area contributed by atoms with E-state index < -0.39 is 0 Å². The standard InChI is InChI=1S/C21H28FN3/c1-17-14-20(22)9-8-19(17)15-23-21(18-6-4-3-5-7-18)16-25-12-10-24(2)11-13-25/h3-9,14,21,23H,10-13,15-16H2,1-2H3. The Morgan fingerprint density at radius 3 is 2.44 bits per heavy atom. The average Bonchev–Trinajstić information content (AvgIpc) is 2.62. The molecule has 2 aromatic carbocycles. The van der Waals surface area contributed by atoms with Crippen LogP contribution in [0.1, 0.15) is 22.7 Å². The maximum atomic E-state index is 13.3. The van der Waals surface area contributed by atoms with Crippen molar-refractivity contribution in [2.45, 2.75) is 19.5 Å². The zero-order valence-electron chi connectivity index (χ0n) is 15.2. The lowest BCUT2D eigenvalue weighted by molar-refractivity contribution is 0.142. The third kappa shape index (κ3) is 5.11. The predicted molar refractivity (Wildman–Crippen MR) is 101 cm³/mol. The fourth-order valence-corrected chi connectivity index (χ4v) is 3.35. The van der Waals surface area contributed by atoms with Gasteiger partial charge in [-0.15, -0.1) is 0 Å². The molecule has 4 heteroatoms. The van der Waals surface area contributed by atoms with Crippen LogP contribution in [0.5, 0.6) is 0 Å². The summed E-state index contributed by atoms with van der Waals surface area (Å²) >= 11 is 0. The van der Waals surface area contributed by atoms with Crippen LogP contribution in [0.15, 0.2) is 48.5 Å². The molecule has 134 valence electrons. The number of nitrogens with zero attached hydrogens (tertiary/aromatic N) is 2. The van der Waals surface area contributed by atoms with Gasteiger partial charge in [0.2, 0.25) is 0 Å². The van der Waals surface area contributed by atoms with Crippen LogP contribution < -0.4 is 5.32 Å².